The maximum Gasteiger partial charge on any atom is 0.161 e. The van der Waals surface area contributed by atoms with Crippen LogP contribution in [-0.4, -0.2) is 18.2 Å². The lowest BCUT2D eigenvalue weighted by molar-refractivity contribution is 0.277. The molecule has 104 valence electrons. The summed E-state index contributed by atoms with van der Waals surface area (Å²) in [5.74, 6) is 1.46. The Hall–Kier alpha value is -2.06. The van der Waals surface area contributed by atoms with Gasteiger partial charge in [0.2, 0.25) is 0 Å². The Balaban J connectivity index is 2.31. The molecule has 1 aromatic heterocycles. The predicted molar refractivity (Wildman–Crippen MR) is 79.2 cm³/mol. The molecule has 0 amide bonds. The first-order chi connectivity index (χ1) is 9.78. The Morgan fingerprint density at radius 3 is 2.75 bits per heavy atom. The average Bonchev–Trinajstić information content (AvgIpc) is 2.95. The van der Waals surface area contributed by atoms with Gasteiger partial charge in [0.05, 0.1) is 19.4 Å². The van der Waals surface area contributed by atoms with Gasteiger partial charge in [0, 0.05) is 5.56 Å². The Labute approximate surface area is 122 Å². The summed E-state index contributed by atoms with van der Waals surface area (Å²) < 4.78 is 11.3. The van der Waals surface area contributed by atoms with Crippen LogP contribution < -0.4 is 9.47 Å². The number of hydrogen-bond donors (Lipinski definition) is 0. The molecule has 0 spiro atoms. The van der Waals surface area contributed by atoms with Crippen LogP contribution in [0.15, 0.2) is 24.4 Å². The Kier molecular flexibility index (Phi) is 4.97. The van der Waals surface area contributed by atoms with Crippen molar-refractivity contribution >= 4 is 11.3 Å². The maximum atomic E-state index is 8.85. The molecule has 5 heteroatoms. The van der Waals surface area contributed by atoms with Gasteiger partial charge in [-0.2, -0.15) is 5.26 Å². The highest BCUT2D eigenvalue weighted by atomic mass is 32.1. The normalized spacial score (nSPS) is 10.1. The quantitative estimate of drug-likeness (QED) is 0.809. The van der Waals surface area contributed by atoms with E-state index in [-0.39, 0.29) is 0 Å². The number of nitrogens with zero attached hydrogens (tertiary/aromatic N) is 2. The second-order valence-corrected chi connectivity index (χ2v) is 5.12. The second kappa shape index (κ2) is 6.92. The molecule has 0 aliphatic heterocycles. The first-order valence-corrected chi connectivity index (χ1v) is 7.36. The molecule has 0 N–H and O–H groups in total. The molecular weight excluding hydrogens is 272 g/mol. The van der Waals surface area contributed by atoms with E-state index in [0.717, 1.165) is 22.7 Å². The largest absolute Gasteiger partial charge is 0.490 e. The lowest BCUT2D eigenvalue weighted by atomic mass is 10.2. The molecule has 1 heterocycles. The van der Waals surface area contributed by atoms with Gasteiger partial charge in [-0.15, -0.1) is 11.3 Å². The number of hydrogen-bond acceptors (Lipinski definition) is 5. The van der Waals surface area contributed by atoms with Gasteiger partial charge < -0.3 is 9.47 Å². The smallest absolute Gasteiger partial charge is 0.161 e. The highest BCUT2D eigenvalue weighted by molar-refractivity contribution is 7.15. The minimum Gasteiger partial charge on any atom is -0.490 e. The van der Waals surface area contributed by atoms with Crippen LogP contribution in [0.2, 0.25) is 0 Å². The van der Waals surface area contributed by atoms with Crippen molar-refractivity contribution in [3.8, 4) is 28.1 Å². The number of benzene rings is 1. The second-order valence-electron chi connectivity index (χ2n) is 4.08. The van der Waals surface area contributed by atoms with E-state index in [2.05, 4.69) is 18.0 Å². The Morgan fingerprint density at radius 1 is 1.25 bits per heavy atom. The zero-order valence-electron chi connectivity index (χ0n) is 11.5. The van der Waals surface area contributed by atoms with E-state index >= 15 is 0 Å². The van der Waals surface area contributed by atoms with E-state index in [9.17, 15) is 0 Å². The minimum atomic E-state index is 0.577. The Bertz CT molecular complexity index is 617. The van der Waals surface area contributed by atoms with Gasteiger partial charge in [-0.3, -0.25) is 0 Å². The standard InChI is InChI=1S/C15H16N2O2S/c1-3-7-19-13-6-5-11(8-14(13)18-4-2)15-17-10-12(9-16)20-15/h5-6,8,10H,3-4,7H2,1-2H3. The first-order valence-electron chi connectivity index (χ1n) is 6.54. The molecule has 0 saturated carbocycles. The SMILES string of the molecule is CCCOc1ccc(-c2ncc(C#N)s2)cc1OCC. The zero-order chi connectivity index (χ0) is 14.4. The summed E-state index contributed by atoms with van der Waals surface area (Å²) in [6, 6.07) is 7.84. The van der Waals surface area contributed by atoms with Crippen LogP contribution in [0.5, 0.6) is 11.5 Å². The van der Waals surface area contributed by atoms with E-state index in [0.29, 0.717) is 23.8 Å². The van der Waals surface area contributed by atoms with Gasteiger partial charge in [0.25, 0.3) is 0 Å². The lowest BCUT2D eigenvalue weighted by Crippen LogP contribution is -2.00. The van der Waals surface area contributed by atoms with Crippen LogP contribution in [0.1, 0.15) is 25.1 Å². The van der Waals surface area contributed by atoms with Crippen LogP contribution in [0, 0.1) is 11.3 Å². The van der Waals surface area contributed by atoms with Gasteiger partial charge in [0.15, 0.2) is 11.5 Å². The third-order valence-corrected chi connectivity index (χ3v) is 3.52. The number of nitriles is 1. The fourth-order valence-corrected chi connectivity index (χ4v) is 2.41. The number of rotatable bonds is 6. The summed E-state index contributed by atoms with van der Waals surface area (Å²) in [7, 11) is 0. The summed E-state index contributed by atoms with van der Waals surface area (Å²) in [5, 5.41) is 9.66. The van der Waals surface area contributed by atoms with Gasteiger partial charge >= 0.3 is 0 Å². The van der Waals surface area contributed by atoms with Crippen LogP contribution in [0.25, 0.3) is 10.6 Å². The monoisotopic (exact) mass is 288 g/mol. The molecule has 0 atom stereocenters. The first kappa shape index (κ1) is 14.4. The predicted octanol–water partition coefficient (Wildman–Crippen LogP) is 3.87. The molecule has 2 rings (SSSR count). The van der Waals surface area contributed by atoms with Gasteiger partial charge in [-0.1, -0.05) is 6.92 Å². The minimum absolute atomic E-state index is 0.577. The molecule has 0 fully saturated rings. The van der Waals surface area contributed by atoms with E-state index in [1.165, 1.54) is 11.3 Å². The molecule has 0 aliphatic rings. The molecule has 0 unspecified atom stereocenters. The zero-order valence-corrected chi connectivity index (χ0v) is 12.4. The number of ether oxygens (including phenoxy) is 2. The molecule has 0 aliphatic carbocycles. The van der Waals surface area contributed by atoms with E-state index in [1.807, 2.05) is 25.1 Å². The fourth-order valence-electron chi connectivity index (χ4n) is 1.70. The molecule has 20 heavy (non-hydrogen) atoms. The third kappa shape index (κ3) is 3.28. The molecule has 0 bridgehead atoms. The molecule has 1 aromatic carbocycles. The molecular formula is C15H16N2O2S. The summed E-state index contributed by atoms with van der Waals surface area (Å²) >= 11 is 1.37. The highest BCUT2D eigenvalue weighted by Gasteiger charge is 2.10. The van der Waals surface area contributed by atoms with E-state index in [4.69, 9.17) is 14.7 Å². The van der Waals surface area contributed by atoms with Crippen molar-refractivity contribution in [1.82, 2.24) is 4.98 Å². The van der Waals surface area contributed by atoms with Gasteiger partial charge in [0.1, 0.15) is 16.0 Å². The molecule has 2 aromatic rings. The fraction of sp³-hybridized carbons (Fsp3) is 0.333. The van der Waals surface area contributed by atoms with Crippen LogP contribution in [0.3, 0.4) is 0 Å². The molecule has 0 radical (unpaired) electrons. The van der Waals surface area contributed by atoms with Crippen molar-refractivity contribution in [3.05, 3.63) is 29.3 Å². The third-order valence-electron chi connectivity index (χ3n) is 2.57. The van der Waals surface area contributed by atoms with Gasteiger partial charge in [-0.05, 0) is 31.5 Å². The Morgan fingerprint density at radius 2 is 2.10 bits per heavy atom. The van der Waals surface area contributed by atoms with Crippen LogP contribution in [-0.2, 0) is 0 Å². The molecule has 0 saturated heterocycles. The average molecular weight is 288 g/mol. The van der Waals surface area contributed by atoms with Crippen molar-refractivity contribution in [2.24, 2.45) is 0 Å². The summed E-state index contributed by atoms with van der Waals surface area (Å²) in [4.78, 5) is 4.85. The summed E-state index contributed by atoms with van der Waals surface area (Å²) in [5.41, 5.74) is 0.934. The summed E-state index contributed by atoms with van der Waals surface area (Å²) in [6.07, 6.45) is 2.53. The van der Waals surface area contributed by atoms with E-state index < -0.39 is 0 Å². The van der Waals surface area contributed by atoms with Crippen LogP contribution in [0.4, 0.5) is 0 Å². The van der Waals surface area contributed by atoms with Crippen molar-refractivity contribution < 1.29 is 9.47 Å². The number of aromatic nitrogens is 1. The van der Waals surface area contributed by atoms with Crippen molar-refractivity contribution in [3.63, 3.8) is 0 Å². The highest BCUT2D eigenvalue weighted by Crippen LogP contribution is 2.34. The van der Waals surface area contributed by atoms with Gasteiger partial charge in [-0.25, -0.2) is 4.98 Å². The topological polar surface area (TPSA) is 55.1 Å². The molecule has 4 nitrogen and oxygen atoms in total. The van der Waals surface area contributed by atoms with E-state index in [1.54, 1.807) is 6.20 Å². The lowest BCUT2D eigenvalue weighted by Gasteiger charge is -2.12. The number of thiazole rings is 1. The van der Waals surface area contributed by atoms with Crippen molar-refractivity contribution in [2.75, 3.05) is 13.2 Å². The van der Waals surface area contributed by atoms with Crippen molar-refractivity contribution in [2.45, 2.75) is 20.3 Å². The van der Waals surface area contributed by atoms with Crippen LogP contribution >= 0.6 is 11.3 Å². The maximum absolute atomic E-state index is 8.85. The summed E-state index contributed by atoms with van der Waals surface area (Å²) in [6.45, 7) is 5.24. The van der Waals surface area contributed by atoms with Crippen molar-refractivity contribution in [1.29, 1.82) is 5.26 Å².